The van der Waals surface area contributed by atoms with E-state index >= 15 is 0 Å². The minimum atomic E-state index is -1.19. The number of ether oxygens (including phenoxy) is 1. The molecule has 11 heteroatoms. The van der Waals surface area contributed by atoms with E-state index in [1.54, 1.807) is 31.2 Å². The first-order chi connectivity index (χ1) is 20.6. The summed E-state index contributed by atoms with van der Waals surface area (Å²) >= 11 is 0. The molecule has 0 radical (unpaired) electrons. The van der Waals surface area contributed by atoms with Gasteiger partial charge in [-0.15, -0.1) is 0 Å². The van der Waals surface area contributed by atoms with Crippen molar-refractivity contribution in [2.75, 3.05) is 13.2 Å². The van der Waals surface area contributed by atoms with Crippen molar-refractivity contribution in [2.45, 2.75) is 70.6 Å². The molecule has 0 saturated heterocycles. The Labute approximate surface area is 251 Å². The summed E-state index contributed by atoms with van der Waals surface area (Å²) < 4.78 is 5.91. The molecule has 2 aromatic carbocycles. The third kappa shape index (κ3) is 9.29. The Morgan fingerprint density at radius 1 is 0.907 bits per heavy atom. The first kappa shape index (κ1) is 31.5. The topological polar surface area (TPSA) is 155 Å². The van der Waals surface area contributed by atoms with Crippen LogP contribution in [0.1, 0.15) is 56.0 Å². The van der Waals surface area contributed by atoms with Gasteiger partial charge in [-0.25, -0.2) is 0 Å². The highest BCUT2D eigenvalue weighted by Gasteiger charge is 2.32. The normalized spacial score (nSPS) is 23.9. The van der Waals surface area contributed by atoms with Gasteiger partial charge in [-0.1, -0.05) is 56.3 Å². The molecule has 0 unspecified atom stereocenters. The smallest absolute Gasteiger partial charge is 0.255 e. The zero-order chi connectivity index (χ0) is 30.9. The summed E-state index contributed by atoms with van der Waals surface area (Å²) in [7, 11) is 0. The molecule has 1 heterocycles. The van der Waals surface area contributed by atoms with Crippen LogP contribution in [0.4, 0.5) is 0 Å². The number of benzene rings is 2. The molecule has 1 saturated carbocycles. The highest BCUT2D eigenvalue weighted by atomic mass is 16.5. The van der Waals surface area contributed by atoms with Crippen molar-refractivity contribution in [3.05, 3.63) is 65.7 Å². The standard InChI is InChI=1S/C32H41N5O6/c1-19(2)28-32(42)34-20(3)18-43-26-12-8-7-11-23(26)29(39)36-25(30(40)33-17-22-13-14-22)16-27(38)35-24(31(41)37-28)15-21-9-5-4-6-10-21/h4-12,19-20,22,24-25,28H,13-18H2,1-3H3,(H,33,40)(H,34,42)(H,35,38)(H,36,39)(H,37,41)/t20-,24-,25-,28+/m0/s1. The number of rotatable bonds is 6. The molecule has 1 aliphatic heterocycles. The maximum absolute atomic E-state index is 13.6. The lowest BCUT2D eigenvalue weighted by atomic mass is 10.0. The number of carbonyl (C=O) groups excluding carboxylic acids is 5. The summed E-state index contributed by atoms with van der Waals surface area (Å²) in [6.45, 7) is 5.90. The fraction of sp³-hybridized carbons (Fsp3) is 0.469. The maximum Gasteiger partial charge on any atom is 0.255 e. The van der Waals surface area contributed by atoms with Crippen LogP contribution in [0.3, 0.4) is 0 Å². The molecular formula is C32H41N5O6. The molecule has 5 amide bonds. The van der Waals surface area contributed by atoms with Crippen molar-refractivity contribution in [1.29, 1.82) is 0 Å². The molecule has 0 spiro atoms. The Morgan fingerprint density at radius 2 is 1.60 bits per heavy atom. The van der Waals surface area contributed by atoms with Gasteiger partial charge in [0, 0.05) is 13.0 Å². The number of para-hydroxylation sites is 1. The van der Waals surface area contributed by atoms with Gasteiger partial charge in [0.05, 0.1) is 18.0 Å². The van der Waals surface area contributed by atoms with Gasteiger partial charge in [-0.2, -0.15) is 0 Å². The second-order valence-electron chi connectivity index (χ2n) is 11.7. The largest absolute Gasteiger partial charge is 0.491 e. The van der Waals surface area contributed by atoms with Crippen molar-refractivity contribution >= 4 is 29.5 Å². The second-order valence-corrected chi connectivity index (χ2v) is 11.7. The lowest BCUT2D eigenvalue weighted by Gasteiger charge is -2.27. The van der Waals surface area contributed by atoms with Crippen LogP contribution >= 0.6 is 0 Å². The number of hydrogen-bond donors (Lipinski definition) is 5. The third-order valence-electron chi connectivity index (χ3n) is 7.46. The van der Waals surface area contributed by atoms with Gasteiger partial charge >= 0.3 is 0 Å². The number of fused-ring (bicyclic) bond motifs is 1. The lowest BCUT2D eigenvalue weighted by molar-refractivity contribution is -0.133. The van der Waals surface area contributed by atoms with E-state index in [2.05, 4.69) is 26.6 Å². The third-order valence-corrected chi connectivity index (χ3v) is 7.46. The van der Waals surface area contributed by atoms with Crippen molar-refractivity contribution in [3.63, 3.8) is 0 Å². The van der Waals surface area contributed by atoms with Crippen LogP contribution in [0, 0.1) is 11.8 Å². The molecule has 11 nitrogen and oxygen atoms in total. The van der Waals surface area contributed by atoms with Gasteiger partial charge in [0.2, 0.25) is 23.6 Å². The summed E-state index contributed by atoms with van der Waals surface area (Å²) in [5.41, 5.74) is 0.985. The first-order valence-corrected chi connectivity index (χ1v) is 14.8. The Bertz CT molecular complexity index is 1310. The molecule has 1 fully saturated rings. The average Bonchev–Trinajstić information content (AvgIpc) is 3.81. The van der Waals surface area contributed by atoms with Crippen molar-refractivity contribution in [1.82, 2.24) is 26.6 Å². The molecular weight excluding hydrogens is 550 g/mol. The predicted octanol–water partition coefficient (Wildman–Crippen LogP) is 1.47. The molecule has 0 aromatic heterocycles. The van der Waals surface area contributed by atoms with Gasteiger partial charge in [-0.3, -0.25) is 24.0 Å². The van der Waals surface area contributed by atoms with E-state index in [1.807, 2.05) is 44.2 Å². The summed E-state index contributed by atoms with van der Waals surface area (Å²) in [6.07, 6.45) is 1.81. The van der Waals surface area contributed by atoms with E-state index in [9.17, 15) is 24.0 Å². The van der Waals surface area contributed by atoms with Gasteiger partial charge in [-0.05, 0) is 49.3 Å². The first-order valence-electron chi connectivity index (χ1n) is 14.8. The molecule has 4 rings (SSSR count). The predicted molar refractivity (Wildman–Crippen MR) is 160 cm³/mol. The monoisotopic (exact) mass is 591 g/mol. The van der Waals surface area contributed by atoms with Gasteiger partial charge in [0.15, 0.2) is 0 Å². The van der Waals surface area contributed by atoms with E-state index in [-0.39, 0.29) is 30.3 Å². The number of carbonyl (C=O) groups is 5. The lowest BCUT2D eigenvalue weighted by Crippen LogP contribution is -2.57. The Kier molecular flexibility index (Phi) is 10.7. The number of amides is 5. The second kappa shape index (κ2) is 14.7. The van der Waals surface area contributed by atoms with Crippen molar-refractivity contribution < 1.29 is 28.7 Å². The molecule has 0 bridgehead atoms. The highest BCUT2D eigenvalue weighted by molar-refractivity contribution is 6.01. The van der Waals surface area contributed by atoms with Crippen LogP contribution in [-0.2, 0) is 25.6 Å². The molecule has 5 N–H and O–H groups in total. The fourth-order valence-electron chi connectivity index (χ4n) is 4.79. The van der Waals surface area contributed by atoms with Crippen LogP contribution in [0.5, 0.6) is 5.75 Å². The van der Waals surface area contributed by atoms with E-state index in [0.717, 1.165) is 18.4 Å². The summed E-state index contributed by atoms with van der Waals surface area (Å²) in [5.74, 6) is -2.20. The average molecular weight is 592 g/mol. The molecule has 43 heavy (non-hydrogen) atoms. The summed E-state index contributed by atoms with van der Waals surface area (Å²) in [5, 5.41) is 14.0. The minimum absolute atomic E-state index is 0.0524. The quantitative estimate of drug-likeness (QED) is 0.343. The highest BCUT2D eigenvalue weighted by Crippen LogP contribution is 2.27. The van der Waals surface area contributed by atoms with Gasteiger partial charge in [0.1, 0.15) is 30.5 Å². The minimum Gasteiger partial charge on any atom is -0.491 e. The van der Waals surface area contributed by atoms with Crippen molar-refractivity contribution in [2.24, 2.45) is 11.8 Å². The molecule has 230 valence electrons. The van der Waals surface area contributed by atoms with E-state index < -0.39 is 60.1 Å². The summed E-state index contributed by atoms with van der Waals surface area (Å²) in [4.78, 5) is 66.8. The maximum atomic E-state index is 13.6. The summed E-state index contributed by atoms with van der Waals surface area (Å²) in [6, 6.07) is 12.2. The Morgan fingerprint density at radius 3 is 2.30 bits per heavy atom. The van der Waals surface area contributed by atoms with Gasteiger partial charge < -0.3 is 31.3 Å². The van der Waals surface area contributed by atoms with E-state index in [4.69, 9.17) is 4.74 Å². The SMILES string of the molecule is CC(C)[C@H]1NC(=O)[C@H](Cc2ccccc2)NC(=O)C[C@@H](C(=O)NCC2CC2)NC(=O)c2ccccc2OC[C@H](C)NC1=O. The van der Waals surface area contributed by atoms with Gasteiger partial charge in [0.25, 0.3) is 5.91 Å². The van der Waals surface area contributed by atoms with E-state index in [1.165, 1.54) is 0 Å². The fourth-order valence-corrected chi connectivity index (χ4v) is 4.79. The Balaban J connectivity index is 1.65. The number of nitrogens with one attached hydrogen (secondary N) is 5. The van der Waals surface area contributed by atoms with E-state index in [0.29, 0.717) is 12.5 Å². The zero-order valence-corrected chi connectivity index (χ0v) is 24.9. The zero-order valence-electron chi connectivity index (χ0n) is 24.9. The molecule has 4 atom stereocenters. The number of hydrogen-bond acceptors (Lipinski definition) is 6. The molecule has 1 aliphatic carbocycles. The molecule has 2 aromatic rings. The van der Waals surface area contributed by atoms with Crippen LogP contribution in [0.25, 0.3) is 0 Å². The van der Waals surface area contributed by atoms with Crippen LogP contribution in [0.2, 0.25) is 0 Å². The molecule has 2 aliphatic rings. The Hall–Kier alpha value is -4.41. The van der Waals surface area contributed by atoms with Crippen LogP contribution in [0.15, 0.2) is 54.6 Å². The van der Waals surface area contributed by atoms with Crippen LogP contribution < -0.4 is 31.3 Å². The van der Waals surface area contributed by atoms with Crippen LogP contribution in [-0.4, -0.2) is 66.9 Å². The van der Waals surface area contributed by atoms with Crippen molar-refractivity contribution in [3.8, 4) is 5.75 Å².